The Morgan fingerprint density at radius 2 is 2.09 bits per heavy atom. The first kappa shape index (κ1) is 15.0. The van der Waals surface area contributed by atoms with E-state index >= 15 is 0 Å². The van der Waals surface area contributed by atoms with Gasteiger partial charge in [0.1, 0.15) is 11.6 Å². The van der Waals surface area contributed by atoms with Gasteiger partial charge in [0.05, 0.1) is 17.6 Å². The molecule has 2 aromatic rings. The van der Waals surface area contributed by atoms with E-state index in [-0.39, 0.29) is 0 Å². The molecule has 1 saturated carbocycles. The summed E-state index contributed by atoms with van der Waals surface area (Å²) in [7, 11) is 0. The highest BCUT2D eigenvalue weighted by Gasteiger charge is 2.30. The molecule has 5 heteroatoms. The summed E-state index contributed by atoms with van der Waals surface area (Å²) in [6.07, 6.45) is 5.39. The molecule has 0 unspecified atom stereocenters. The lowest BCUT2D eigenvalue weighted by molar-refractivity contribution is 0.469. The number of hydrogen-bond acceptors (Lipinski definition) is 4. The first-order chi connectivity index (χ1) is 10.6. The van der Waals surface area contributed by atoms with Gasteiger partial charge < -0.3 is 5.32 Å². The summed E-state index contributed by atoms with van der Waals surface area (Å²) in [6.45, 7) is 9.48. The second-order valence-corrected chi connectivity index (χ2v) is 6.56. The molecule has 3 rings (SSSR count). The molecule has 118 valence electrons. The first-order valence-electron chi connectivity index (χ1n) is 8.24. The van der Waals surface area contributed by atoms with Crippen LogP contribution in [0.1, 0.15) is 56.7 Å². The van der Waals surface area contributed by atoms with Crippen molar-refractivity contribution >= 4 is 11.5 Å². The average molecular weight is 299 g/mol. The van der Waals surface area contributed by atoms with Crippen molar-refractivity contribution in [2.75, 3.05) is 5.32 Å². The molecule has 1 aliphatic carbocycles. The van der Waals surface area contributed by atoms with Gasteiger partial charge in [-0.25, -0.2) is 9.97 Å². The van der Waals surface area contributed by atoms with Crippen LogP contribution < -0.4 is 5.32 Å². The molecule has 0 atom stereocenters. The topological polar surface area (TPSA) is 55.6 Å². The zero-order chi connectivity index (χ0) is 15.7. The summed E-state index contributed by atoms with van der Waals surface area (Å²) in [6, 6.07) is 2.03. The Bertz CT molecular complexity index is 655. The molecule has 2 aromatic heterocycles. The van der Waals surface area contributed by atoms with Gasteiger partial charge in [-0.05, 0) is 32.1 Å². The Balaban J connectivity index is 1.89. The van der Waals surface area contributed by atoms with Crippen LogP contribution in [0.25, 0.3) is 0 Å². The third-order valence-electron chi connectivity index (χ3n) is 3.90. The zero-order valence-corrected chi connectivity index (χ0v) is 13.9. The van der Waals surface area contributed by atoms with Gasteiger partial charge in [0.15, 0.2) is 0 Å². The Morgan fingerprint density at radius 3 is 2.73 bits per heavy atom. The average Bonchev–Trinajstić information content (AvgIpc) is 3.22. The van der Waals surface area contributed by atoms with E-state index < -0.39 is 0 Å². The Kier molecular flexibility index (Phi) is 4.14. The van der Waals surface area contributed by atoms with Crippen LogP contribution in [0, 0.1) is 12.8 Å². The number of anilines is 2. The Morgan fingerprint density at radius 1 is 1.32 bits per heavy atom. The van der Waals surface area contributed by atoms with Gasteiger partial charge in [-0.3, -0.25) is 4.68 Å². The van der Waals surface area contributed by atoms with E-state index in [2.05, 4.69) is 45.8 Å². The fraction of sp³-hybridized carbons (Fsp3) is 0.588. The van der Waals surface area contributed by atoms with Gasteiger partial charge in [-0.1, -0.05) is 20.8 Å². The molecule has 2 heterocycles. The van der Waals surface area contributed by atoms with Crippen molar-refractivity contribution in [2.24, 2.45) is 5.92 Å². The lowest BCUT2D eigenvalue weighted by Gasteiger charge is -2.12. The van der Waals surface area contributed by atoms with Crippen LogP contribution in [0.2, 0.25) is 0 Å². The minimum atomic E-state index is 0.596. The van der Waals surface area contributed by atoms with E-state index in [1.54, 1.807) is 0 Å². The predicted octanol–water partition coefficient (Wildman–Crippen LogP) is 3.82. The number of hydrogen-bond donors (Lipinski definition) is 1. The molecule has 0 amide bonds. The summed E-state index contributed by atoms with van der Waals surface area (Å²) in [5.74, 6) is 2.93. The number of aromatic nitrogens is 4. The minimum absolute atomic E-state index is 0.596. The molecule has 0 spiro atoms. The van der Waals surface area contributed by atoms with Gasteiger partial charge in [0.25, 0.3) is 0 Å². The summed E-state index contributed by atoms with van der Waals surface area (Å²) in [4.78, 5) is 8.95. The highest BCUT2D eigenvalue weighted by atomic mass is 15.3. The second kappa shape index (κ2) is 6.07. The number of aryl methyl sites for hydroxylation is 2. The molecule has 1 fully saturated rings. The van der Waals surface area contributed by atoms with Crippen molar-refractivity contribution in [1.82, 2.24) is 19.7 Å². The van der Waals surface area contributed by atoms with Crippen LogP contribution in [-0.2, 0) is 13.0 Å². The third kappa shape index (κ3) is 3.29. The van der Waals surface area contributed by atoms with Crippen molar-refractivity contribution in [2.45, 2.75) is 59.4 Å². The highest BCUT2D eigenvalue weighted by molar-refractivity contribution is 5.60. The van der Waals surface area contributed by atoms with Crippen LogP contribution in [-0.4, -0.2) is 19.7 Å². The molecule has 1 N–H and O–H groups in total. The first-order valence-corrected chi connectivity index (χ1v) is 8.24. The van der Waals surface area contributed by atoms with Gasteiger partial charge >= 0.3 is 0 Å². The van der Waals surface area contributed by atoms with E-state index in [0.29, 0.717) is 11.8 Å². The smallest absolute Gasteiger partial charge is 0.134 e. The maximum Gasteiger partial charge on any atom is 0.134 e. The molecule has 1 aliphatic rings. The van der Waals surface area contributed by atoms with Crippen molar-refractivity contribution < 1.29 is 0 Å². The van der Waals surface area contributed by atoms with Crippen LogP contribution >= 0.6 is 0 Å². The van der Waals surface area contributed by atoms with Crippen LogP contribution in [0.5, 0.6) is 0 Å². The second-order valence-electron chi connectivity index (χ2n) is 6.56. The summed E-state index contributed by atoms with van der Waals surface area (Å²) in [5, 5.41) is 8.06. The molecule has 0 aromatic carbocycles. The SMILES string of the molecule is CCc1cc(Nc2cnn(CC(C)C)c2C2CC2)nc(C)n1. The minimum Gasteiger partial charge on any atom is -0.337 e. The van der Waals surface area contributed by atoms with Crippen molar-refractivity contribution in [3.8, 4) is 0 Å². The van der Waals surface area contributed by atoms with Gasteiger partial charge in [-0.2, -0.15) is 5.10 Å². The number of rotatable bonds is 6. The molecule has 22 heavy (non-hydrogen) atoms. The maximum absolute atomic E-state index is 4.59. The number of nitrogens with one attached hydrogen (secondary N) is 1. The highest BCUT2D eigenvalue weighted by Crippen LogP contribution is 2.44. The lowest BCUT2D eigenvalue weighted by atomic mass is 10.2. The van der Waals surface area contributed by atoms with E-state index in [0.717, 1.165) is 36.0 Å². The largest absolute Gasteiger partial charge is 0.337 e. The van der Waals surface area contributed by atoms with E-state index in [4.69, 9.17) is 0 Å². The normalized spacial score (nSPS) is 14.6. The molecule has 0 radical (unpaired) electrons. The third-order valence-corrected chi connectivity index (χ3v) is 3.90. The van der Waals surface area contributed by atoms with Gasteiger partial charge in [0.2, 0.25) is 0 Å². The molecular formula is C17H25N5. The van der Waals surface area contributed by atoms with Crippen molar-refractivity contribution in [3.63, 3.8) is 0 Å². The van der Waals surface area contributed by atoms with Gasteiger partial charge in [-0.15, -0.1) is 0 Å². The zero-order valence-electron chi connectivity index (χ0n) is 13.9. The fourth-order valence-electron chi connectivity index (χ4n) is 2.78. The summed E-state index contributed by atoms with van der Waals surface area (Å²) in [5.41, 5.74) is 3.50. The lowest BCUT2D eigenvalue weighted by Crippen LogP contribution is -2.10. The van der Waals surface area contributed by atoms with Crippen LogP contribution in [0.15, 0.2) is 12.3 Å². The standard InChI is InChI=1S/C17H25N5/c1-5-14-8-16(20-12(4)19-14)21-15-9-18-22(10-11(2)3)17(15)13-6-7-13/h8-9,11,13H,5-7,10H2,1-4H3,(H,19,20,21). The molecule has 0 aliphatic heterocycles. The fourth-order valence-corrected chi connectivity index (χ4v) is 2.78. The van der Waals surface area contributed by atoms with E-state index in [9.17, 15) is 0 Å². The van der Waals surface area contributed by atoms with E-state index in [1.165, 1.54) is 18.5 Å². The van der Waals surface area contributed by atoms with Crippen molar-refractivity contribution in [3.05, 3.63) is 29.5 Å². The quantitative estimate of drug-likeness (QED) is 0.881. The van der Waals surface area contributed by atoms with E-state index in [1.807, 2.05) is 19.2 Å². The van der Waals surface area contributed by atoms with Gasteiger partial charge in [0, 0.05) is 24.2 Å². The maximum atomic E-state index is 4.59. The molecule has 0 bridgehead atoms. The number of nitrogens with zero attached hydrogens (tertiary/aromatic N) is 4. The molecular weight excluding hydrogens is 274 g/mol. The Hall–Kier alpha value is -1.91. The van der Waals surface area contributed by atoms with Crippen LogP contribution in [0.3, 0.4) is 0 Å². The van der Waals surface area contributed by atoms with Crippen LogP contribution in [0.4, 0.5) is 11.5 Å². The predicted molar refractivity (Wildman–Crippen MR) is 88.5 cm³/mol. The summed E-state index contributed by atoms with van der Waals surface area (Å²) < 4.78 is 2.17. The summed E-state index contributed by atoms with van der Waals surface area (Å²) >= 11 is 0. The molecule has 5 nitrogen and oxygen atoms in total. The Labute approximate surface area is 132 Å². The van der Waals surface area contributed by atoms with Crippen molar-refractivity contribution in [1.29, 1.82) is 0 Å². The monoisotopic (exact) mass is 299 g/mol. The molecule has 0 saturated heterocycles.